The summed E-state index contributed by atoms with van der Waals surface area (Å²) in [6.07, 6.45) is 0. The minimum Gasteiger partial charge on any atom is -0.309 e. The maximum Gasteiger partial charge on any atom is 0.114 e. The summed E-state index contributed by atoms with van der Waals surface area (Å²) in [4.78, 5) is 10.1. The first kappa shape index (κ1) is 54.2. The topological polar surface area (TPSA) is 32.3 Å². The van der Waals surface area contributed by atoms with Crippen LogP contribution in [0.4, 0.5) is 34.1 Å². The molecule has 5 heterocycles. The van der Waals surface area contributed by atoms with Crippen LogP contribution in [0.15, 0.2) is 206 Å². The molecular formula is C80H70N4S3. The van der Waals surface area contributed by atoms with E-state index in [-0.39, 0.29) is 21.7 Å². The SMILES string of the molecule is CC(C)(C)c1ccc(N2c3ccc(C(C)(C)C)cc3C3(c4ccccc4-c4ccccc43)c3sc(-c4ccc(-c5cc6c(s5)C5(c7ccccc7-c7ccccc75)c5cc(C(C)(C)C)ccc5N6c5ccc(C(C)(C)C)cc5)c5nsnc45)cc32)cc1. The summed E-state index contributed by atoms with van der Waals surface area (Å²) < 4.78 is 10.6. The van der Waals surface area contributed by atoms with E-state index in [9.17, 15) is 0 Å². The van der Waals surface area contributed by atoms with Crippen LogP contribution in [-0.4, -0.2) is 8.75 Å². The predicted octanol–water partition coefficient (Wildman–Crippen LogP) is 22.6. The first-order chi connectivity index (χ1) is 41.7. The van der Waals surface area contributed by atoms with Crippen molar-refractivity contribution in [2.75, 3.05) is 9.80 Å². The Kier molecular flexibility index (Phi) is 11.6. The van der Waals surface area contributed by atoms with Crippen molar-refractivity contribution in [3.8, 4) is 43.1 Å². The first-order valence-electron chi connectivity index (χ1n) is 30.7. The molecule has 0 radical (unpaired) electrons. The molecule has 2 aliphatic carbocycles. The molecule has 0 saturated carbocycles. The number of anilines is 6. The quantitative estimate of drug-likeness (QED) is 0.176. The molecule has 2 spiro atoms. The van der Waals surface area contributed by atoms with Crippen molar-refractivity contribution in [3.05, 3.63) is 272 Å². The lowest BCUT2D eigenvalue weighted by Gasteiger charge is -2.44. The van der Waals surface area contributed by atoms with Crippen molar-refractivity contribution in [1.29, 1.82) is 0 Å². The fourth-order valence-corrected chi connectivity index (χ4v) is 18.4. The molecule has 2 aliphatic heterocycles. The molecule has 0 saturated heterocycles. The zero-order chi connectivity index (χ0) is 59.9. The van der Waals surface area contributed by atoms with Crippen molar-refractivity contribution in [2.24, 2.45) is 0 Å². The van der Waals surface area contributed by atoms with E-state index in [0.29, 0.717) is 0 Å². The first-order valence-corrected chi connectivity index (χ1v) is 33.1. The molecule has 12 aromatic rings. The zero-order valence-electron chi connectivity index (χ0n) is 51.6. The Labute approximate surface area is 524 Å². The highest BCUT2D eigenvalue weighted by Gasteiger charge is 2.55. The molecule has 9 aromatic carbocycles. The number of benzene rings is 9. The molecule has 4 nitrogen and oxygen atoms in total. The fraction of sp³-hybridized carbons (Fsp3) is 0.225. The highest BCUT2D eigenvalue weighted by molar-refractivity contribution is 7.17. The summed E-state index contributed by atoms with van der Waals surface area (Å²) in [5, 5.41) is 0. The molecule has 3 aromatic heterocycles. The van der Waals surface area contributed by atoms with Gasteiger partial charge in [-0.05, 0) is 148 Å². The lowest BCUT2D eigenvalue weighted by Crippen LogP contribution is -2.35. The fourth-order valence-electron chi connectivity index (χ4n) is 15.0. The summed E-state index contributed by atoms with van der Waals surface area (Å²) in [5.41, 5.74) is 28.2. The van der Waals surface area contributed by atoms with Gasteiger partial charge in [-0.25, -0.2) is 0 Å². The van der Waals surface area contributed by atoms with E-state index in [4.69, 9.17) is 8.75 Å². The standard InChI is InChI=1S/C80H70N4S3/c1-75(2,3)47-29-35-51(36-30-47)83-65-41-33-49(77(7,8)9)43-63(65)79(59-25-17-13-21-53(59)54-22-14-18-26-60(54)79)73-67(83)45-69(85-73)57-39-40-58(72-71(57)81-87-82-72)70-46-68-74(86-70)80(61-27-19-15-23-55(61)56-24-16-20-28-62(56)80)64-44-50(78(10,11)12)34-42-66(64)84(68)52-37-31-48(32-38-52)76(4,5)6/h13-46H,1-12H3. The molecule has 0 N–H and O–H groups in total. The van der Waals surface area contributed by atoms with Crippen molar-refractivity contribution in [3.63, 3.8) is 0 Å². The average molecular weight is 1180 g/mol. The molecule has 0 bridgehead atoms. The van der Waals surface area contributed by atoms with E-state index < -0.39 is 10.8 Å². The summed E-state index contributed by atoms with van der Waals surface area (Å²) in [6, 6.07) is 79.7. The number of hydrogen-bond acceptors (Lipinski definition) is 7. The van der Waals surface area contributed by atoms with E-state index in [1.165, 1.54) is 132 Å². The molecule has 87 heavy (non-hydrogen) atoms. The lowest BCUT2D eigenvalue weighted by molar-refractivity contribution is 0.587. The Bertz CT molecular complexity index is 4410. The van der Waals surface area contributed by atoms with Gasteiger partial charge in [0.2, 0.25) is 0 Å². The van der Waals surface area contributed by atoms with Crippen LogP contribution in [0.25, 0.3) is 54.2 Å². The van der Waals surface area contributed by atoms with Crippen LogP contribution in [0.2, 0.25) is 0 Å². The number of thiophene rings is 2. The zero-order valence-corrected chi connectivity index (χ0v) is 54.1. The van der Waals surface area contributed by atoms with Crippen molar-refractivity contribution in [2.45, 2.75) is 116 Å². The number of aromatic nitrogens is 2. The maximum absolute atomic E-state index is 5.32. The van der Waals surface area contributed by atoms with Gasteiger partial charge in [0.15, 0.2) is 0 Å². The molecule has 7 heteroatoms. The molecule has 4 aliphatic rings. The minimum absolute atomic E-state index is 0.0111. The van der Waals surface area contributed by atoms with E-state index in [2.05, 4.69) is 299 Å². The summed E-state index contributed by atoms with van der Waals surface area (Å²) in [7, 11) is 0. The number of fused-ring (bicyclic) bond motifs is 19. The van der Waals surface area contributed by atoms with Gasteiger partial charge in [-0.3, -0.25) is 0 Å². The Morgan fingerprint density at radius 2 is 0.609 bits per heavy atom. The second-order valence-electron chi connectivity index (χ2n) is 28.7. The molecule has 0 unspecified atom stereocenters. The van der Waals surface area contributed by atoms with Crippen LogP contribution in [-0.2, 0) is 32.5 Å². The minimum atomic E-state index is -0.586. The Morgan fingerprint density at radius 3 is 0.931 bits per heavy atom. The van der Waals surface area contributed by atoms with Gasteiger partial charge in [0, 0.05) is 42.0 Å². The van der Waals surface area contributed by atoms with Crippen molar-refractivity contribution < 1.29 is 0 Å². The number of nitrogens with zero attached hydrogens (tertiary/aromatic N) is 4. The van der Waals surface area contributed by atoms with Crippen LogP contribution in [0.1, 0.15) is 148 Å². The van der Waals surface area contributed by atoms with Gasteiger partial charge in [0.1, 0.15) is 11.0 Å². The van der Waals surface area contributed by atoms with E-state index >= 15 is 0 Å². The second-order valence-corrected chi connectivity index (χ2v) is 31.3. The van der Waals surface area contributed by atoms with Crippen molar-refractivity contribution in [1.82, 2.24) is 8.75 Å². The van der Waals surface area contributed by atoms with Gasteiger partial charge in [0.25, 0.3) is 0 Å². The third kappa shape index (κ3) is 7.71. The van der Waals surface area contributed by atoms with E-state index in [0.717, 1.165) is 33.5 Å². The van der Waals surface area contributed by atoms with Crippen LogP contribution in [0.5, 0.6) is 0 Å². The Morgan fingerprint density at radius 1 is 0.299 bits per heavy atom. The van der Waals surface area contributed by atoms with Crippen LogP contribution >= 0.6 is 34.4 Å². The number of hydrogen-bond donors (Lipinski definition) is 0. The summed E-state index contributed by atoms with van der Waals surface area (Å²) in [5.74, 6) is 0. The average Bonchev–Trinajstić information content (AvgIpc) is 1.59. The summed E-state index contributed by atoms with van der Waals surface area (Å²) in [6.45, 7) is 27.8. The molecule has 16 rings (SSSR count). The second kappa shape index (κ2) is 18.7. The summed E-state index contributed by atoms with van der Waals surface area (Å²) >= 11 is 5.16. The lowest BCUT2D eigenvalue weighted by atomic mass is 9.67. The largest absolute Gasteiger partial charge is 0.309 e. The molecule has 0 atom stereocenters. The molecular weight excluding hydrogens is 1110 g/mol. The van der Waals surface area contributed by atoms with Gasteiger partial charge < -0.3 is 9.80 Å². The Hall–Kier alpha value is -8.20. The van der Waals surface area contributed by atoms with Crippen LogP contribution in [0.3, 0.4) is 0 Å². The van der Waals surface area contributed by atoms with Gasteiger partial charge in [-0.15, -0.1) is 22.7 Å². The third-order valence-electron chi connectivity index (χ3n) is 19.4. The Balaban J connectivity index is 0.934. The predicted molar refractivity (Wildman–Crippen MR) is 370 cm³/mol. The van der Waals surface area contributed by atoms with Gasteiger partial charge in [0.05, 0.1) is 45.3 Å². The van der Waals surface area contributed by atoms with Gasteiger partial charge in [-0.1, -0.05) is 241 Å². The molecule has 428 valence electrons. The highest BCUT2D eigenvalue weighted by Crippen LogP contribution is 2.69. The molecule has 0 amide bonds. The highest BCUT2D eigenvalue weighted by atomic mass is 32.1. The van der Waals surface area contributed by atoms with Gasteiger partial charge >= 0.3 is 0 Å². The monoisotopic (exact) mass is 1180 g/mol. The van der Waals surface area contributed by atoms with E-state index in [1.807, 2.05) is 22.7 Å². The smallest absolute Gasteiger partial charge is 0.114 e. The van der Waals surface area contributed by atoms with E-state index in [1.54, 1.807) is 0 Å². The molecule has 0 fully saturated rings. The van der Waals surface area contributed by atoms with Gasteiger partial charge in [-0.2, -0.15) is 8.75 Å². The maximum atomic E-state index is 5.32. The van der Waals surface area contributed by atoms with Crippen LogP contribution in [0, 0.1) is 0 Å². The third-order valence-corrected chi connectivity index (χ3v) is 22.5. The van der Waals surface area contributed by atoms with Crippen molar-refractivity contribution >= 4 is 79.6 Å². The number of rotatable bonds is 4. The van der Waals surface area contributed by atoms with Crippen LogP contribution < -0.4 is 9.80 Å². The normalized spacial score (nSPS) is 15.0.